The third-order valence-electron chi connectivity index (χ3n) is 3.24. The van der Waals surface area contributed by atoms with Gasteiger partial charge in [0.05, 0.1) is 4.34 Å². The summed E-state index contributed by atoms with van der Waals surface area (Å²) in [6.07, 6.45) is 2.44. The van der Waals surface area contributed by atoms with Gasteiger partial charge in [0.15, 0.2) is 0 Å². The summed E-state index contributed by atoms with van der Waals surface area (Å²) in [5.74, 6) is 0. The van der Waals surface area contributed by atoms with Gasteiger partial charge in [0, 0.05) is 23.0 Å². The molecular weight excluding hydrogens is 276 g/mol. The Labute approximate surface area is 127 Å². The van der Waals surface area contributed by atoms with Crippen molar-refractivity contribution < 1.29 is 0 Å². The number of thiophene rings is 1. The predicted molar refractivity (Wildman–Crippen MR) is 87.2 cm³/mol. The van der Waals surface area contributed by atoms with E-state index < -0.39 is 0 Å². The van der Waals surface area contributed by atoms with Crippen molar-refractivity contribution in [3.63, 3.8) is 0 Å². The van der Waals surface area contributed by atoms with Crippen LogP contribution in [0, 0.1) is 0 Å². The first kappa shape index (κ1) is 17.0. The number of nitrogens with one attached hydrogen (secondary N) is 1. The molecule has 1 rings (SSSR count). The second-order valence-electron chi connectivity index (χ2n) is 6.29. The normalized spacial score (nSPS) is 14.1. The quantitative estimate of drug-likeness (QED) is 0.752. The highest BCUT2D eigenvalue weighted by Crippen LogP contribution is 2.23. The molecule has 0 amide bonds. The van der Waals surface area contributed by atoms with Crippen LogP contribution in [0.25, 0.3) is 0 Å². The summed E-state index contributed by atoms with van der Waals surface area (Å²) in [4.78, 5) is 3.74. The molecule has 1 N–H and O–H groups in total. The van der Waals surface area contributed by atoms with Gasteiger partial charge in [0.2, 0.25) is 0 Å². The van der Waals surface area contributed by atoms with Crippen molar-refractivity contribution in [2.75, 3.05) is 13.6 Å². The first-order valence-electron chi connectivity index (χ1n) is 6.97. The maximum Gasteiger partial charge on any atom is 0.0931 e. The van der Waals surface area contributed by atoms with Gasteiger partial charge in [-0.05, 0) is 66.3 Å². The highest BCUT2D eigenvalue weighted by atomic mass is 35.5. The Hall–Kier alpha value is -0.0900. The third kappa shape index (κ3) is 7.31. The zero-order valence-electron chi connectivity index (χ0n) is 12.8. The van der Waals surface area contributed by atoms with Crippen molar-refractivity contribution in [2.45, 2.75) is 58.7 Å². The Morgan fingerprint density at radius 1 is 1.37 bits per heavy atom. The number of halogens is 1. The van der Waals surface area contributed by atoms with Crippen molar-refractivity contribution in [1.82, 2.24) is 10.2 Å². The lowest BCUT2D eigenvalue weighted by Gasteiger charge is -2.25. The van der Waals surface area contributed by atoms with Gasteiger partial charge in [0.1, 0.15) is 0 Å². The fraction of sp³-hybridized carbons (Fsp3) is 0.733. The van der Waals surface area contributed by atoms with Crippen molar-refractivity contribution >= 4 is 22.9 Å². The molecule has 2 nitrogen and oxygen atoms in total. The van der Waals surface area contributed by atoms with E-state index in [-0.39, 0.29) is 5.54 Å². The molecule has 1 heterocycles. The molecule has 0 saturated heterocycles. The van der Waals surface area contributed by atoms with Gasteiger partial charge in [-0.3, -0.25) is 4.90 Å². The lowest BCUT2D eigenvalue weighted by molar-refractivity contribution is 0.234. The van der Waals surface area contributed by atoms with E-state index >= 15 is 0 Å². The van der Waals surface area contributed by atoms with Gasteiger partial charge in [-0.1, -0.05) is 11.6 Å². The topological polar surface area (TPSA) is 15.3 Å². The molecule has 0 spiro atoms. The summed E-state index contributed by atoms with van der Waals surface area (Å²) in [6.45, 7) is 11.0. The molecule has 110 valence electrons. The fourth-order valence-electron chi connectivity index (χ4n) is 1.92. The van der Waals surface area contributed by atoms with Crippen LogP contribution in [0.4, 0.5) is 0 Å². The highest BCUT2D eigenvalue weighted by molar-refractivity contribution is 7.16. The summed E-state index contributed by atoms with van der Waals surface area (Å²) in [6, 6.07) is 4.70. The van der Waals surface area contributed by atoms with Crippen LogP contribution >= 0.6 is 22.9 Å². The zero-order chi connectivity index (χ0) is 14.5. The van der Waals surface area contributed by atoms with E-state index in [2.05, 4.69) is 51.0 Å². The van der Waals surface area contributed by atoms with Crippen LogP contribution in [0.2, 0.25) is 4.34 Å². The zero-order valence-corrected chi connectivity index (χ0v) is 14.4. The van der Waals surface area contributed by atoms with Crippen LogP contribution in [-0.4, -0.2) is 30.1 Å². The summed E-state index contributed by atoms with van der Waals surface area (Å²) < 4.78 is 0.880. The minimum absolute atomic E-state index is 0.225. The molecule has 19 heavy (non-hydrogen) atoms. The van der Waals surface area contributed by atoms with Crippen molar-refractivity contribution in [1.29, 1.82) is 0 Å². The Morgan fingerprint density at radius 2 is 2.05 bits per heavy atom. The summed E-state index contributed by atoms with van der Waals surface area (Å²) in [7, 11) is 2.19. The average molecular weight is 303 g/mol. The van der Waals surface area contributed by atoms with Gasteiger partial charge < -0.3 is 5.32 Å². The Kier molecular flexibility index (Phi) is 6.81. The molecule has 0 saturated carbocycles. The minimum atomic E-state index is 0.225. The van der Waals surface area contributed by atoms with E-state index in [9.17, 15) is 0 Å². The number of hydrogen-bond donors (Lipinski definition) is 1. The molecule has 1 aromatic heterocycles. The first-order chi connectivity index (χ1) is 8.78. The van der Waals surface area contributed by atoms with Crippen molar-refractivity contribution in [3.05, 3.63) is 21.3 Å². The van der Waals surface area contributed by atoms with E-state index in [1.54, 1.807) is 11.3 Å². The van der Waals surface area contributed by atoms with E-state index in [4.69, 9.17) is 11.6 Å². The molecule has 0 aliphatic carbocycles. The molecule has 0 aliphatic rings. The monoisotopic (exact) mass is 302 g/mol. The standard InChI is InChI=1S/C15H27ClN2S/c1-12(7-6-10-17-15(2,3)4)18(5)11-13-8-9-14(16)19-13/h8-9,12,17H,6-7,10-11H2,1-5H3. The maximum absolute atomic E-state index is 5.96. The highest BCUT2D eigenvalue weighted by Gasteiger charge is 2.12. The number of hydrogen-bond acceptors (Lipinski definition) is 3. The third-order valence-corrected chi connectivity index (χ3v) is 4.46. The van der Waals surface area contributed by atoms with Crippen LogP contribution in [-0.2, 0) is 6.54 Å². The van der Waals surface area contributed by atoms with E-state index in [1.165, 1.54) is 17.7 Å². The Bertz CT molecular complexity index is 370. The lowest BCUT2D eigenvalue weighted by atomic mass is 10.1. The fourth-order valence-corrected chi connectivity index (χ4v) is 3.07. The van der Waals surface area contributed by atoms with Crippen LogP contribution in [0.15, 0.2) is 12.1 Å². The van der Waals surface area contributed by atoms with Crippen molar-refractivity contribution in [2.24, 2.45) is 0 Å². The maximum atomic E-state index is 5.96. The van der Waals surface area contributed by atoms with Crippen molar-refractivity contribution in [3.8, 4) is 0 Å². The first-order valence-corrected chi connectivity index (χ1v) is 8.17. The number of nitrogens with zero attached hydrogens (tertiary/aromatic N) is 1. The molecule has 0 radical (unpaired) electrons. The van der Waals surface area contributed by atoms with Crippen LogP contribution in [0.1, 0.15) is 45.4 Å². The smallest absolute Gasteiger partial charge is 0.0931 e. The summed E-state index contributed by atoms with van der Waals surface area (Å²) in [5, 5.41) is 3.54. The minimum Gasteiger partial charge on any atom is -0.312 e. The molecule has 4 heteroatoms. The van der Waals surface area contributed by atoms with Crippen LogP contribution < -0.4 is 5.32 Å². The molecule has 1 aromatic rings. The molecule has 1 atom stereocenters. The number of rotatable bonds is 7. The average Bonchev–Trinajstić information content (AvgIpc) is 2.68. The van der Waals surface area contributed by atoms with E-state index in [0.29, 0.717) is 6.04 Å². The van der Waals surface area contributed by atoms with E-state index in [0.717, 1.165) is 17.4 Å². The van der Waals surface area contributed by atoms with Gasteiger partial charge in [-0.2, -0.15) is 0 Å². The molecule has 0 aromatic carbocycles. The second-order valence-corrected chi connectivity index (χ2v) is 8.09. The van der Waals surface area contributed by atoms with Gasteiger partial charge >= 0.3 is 0 Å². The Balaban J connectivity index is 2.23. The van der Waals surface area contributed by atoms with Gasteiger partial charge in [-0.15, -0.1) is 11.3 Å². The lowest BCUT2D eigenvalue weighted by Crippen LogP contribution is -2.37. The van der Waals surface area contributed by atoms with Crippen LogP contribution in [0.5, 0.6) is 0 Å². The Morgan fingerprint density at radius 3 is 2.58 bits per heavy atom. The van der Waals surface area contributed by atoms with Gasteiger partial charge in [-0.25, -0.2) is 0 Å². The summed E-state index contributed by atoms with van der Waals surface area (Å²) >= 11 is 7.64. The molecule has 0 aliphatic heterocycles. The SMILES string of the molecule is CC(CCCNC(C)(C)C)N(C)Cc1ccc(Cl)s1. The predicted octanol–water partition coefficient (Wildman–Crippen LogP) is 4.39. The molecule has 0 bridgehead atoms. The molecular formula is C15H27ClN2S. The molecule has 1 unspecified atom stereocenters. The molecule has 0 fully saturated rings. The largest absolute Gasteiger partial charge is 0.312 e. The van der Waals surface area contributed by atoms with E-state index in [1.807, 2.05) is 6.07 Å². The van der Waals surface area contributed by atoms with Crippen LogP contribution in [0.3, 0.4) is 0 Å². The second kappa shape index (κ2) is 7.63. The summed E-state index contributed by atoms with van der Waals surface area (Å²) in [5.41, 5.74) is 0.225. The van der Waals surface area contributed by atoms with Gasteiger partial charge in [0.25, 0.3) is 0 Å².